The van der Waals surface area contributed by atoms with E-state index in [2.05, 4.69) is 30.6 Å². The van der Waals surface area contributed by atoms with Crippen LogP contribution in [0.25, 0.3) is 0 Å². The standard InChI is InChI=1S/C14H29N3/c1-4-11(2)14(8-15)17-10-13-6-5-7-16(13)9-12(17)3/h11-14H,4-10,15H2,1-3H3. The summed E-state index contributed by atoms with van der Waals surface area (Å²) in [5.41, 5.74) is 6.02. The first-order valence-corrected chi connectivity index (χ1v) is 7.37. The molecule has 0 radical (unpaired) electrons. The lowest BCUT2D eigenvalue weighted by atomic mass is 9.94. The third-order valence-electron chi connectivity index (χ3n) is 4.95. The van der Waals surface area contributed by atoms with E-state index in [1.165, 1.54) is 38.9 Å². The average Bonchev–Trinajstić information content (AvgIpc) is 2.76. The molecule has 4 atom stereocenters. The predicted octanol–water partition coefficient (Wildman–Crippen LogP) is 1.53. The van der Waals surface area contributed by atoms with E-state index in [-0.39, 0.29) is 0 Å². The van der Waals surface area contributed by atoms with Crippen molar-refractivity contribution in [3.63, 3.8) is 0 Å². The molecule has 0 aromatic carbocycles. The van der Waals surface area contributed by atoms with Gasteiger partial charge < -0.3 is 5.73 Å². The number of nitrogens with two attached hydrogens (primary N) is 1. The monoisotopic (exact) mass is 239 g/mol. The molecule has 0 spiro atoms. The summed E-state index contributed by atoms with van der Waals surface area (Å²) in [4.78, 5) is 5.38. The Hall–Kier alpha value is -0.120. The zero-order chi connectivity index (χ0) is 12.4. The SMILES string of the molecule is CCC(C)C(CN)N1CC2CCCN2CC1C. The van der Waals surface area contributed by atoms with Crippen molar-refractivity contribution in [3.8, 4) is 0 Å². The lowest BCUT2D eigenvalue weighted by molar-refractivity contribution is 0.0131. The van der Waals surface area contributed by atoms with Gasteiger partial charge in [-0.2, -0.15) is 0 Å². The summed E-state index contributed by atoms with van der Waals surface area (Å²) in [5, 5.41) is 0. The molecule has 2 rings (SSSR count). The first-order chi connectivity index (χ1) is 8.17. The first kappa shape index (κ1) is 13.3. The fraction of sp³-hybridized carbons (Fsp3) is 1.00. The molecule has 0 saturated carbocycles. The van der Waals surface area contributed by atoms with E-state index in [4.69, 9.17) is 5.73 Å². The molecule has 4 unspecified atom stereocenters. The highest BCUT2D eigenvalue weighted by Crippen LogP contribution is 2.28. The molecule has 2 N–H and O–H groups in total. The first-order valence-electron chi connectivity index (χ1n) is 7.37. The molecule has 100 valence electrons. The molecule has 0 aromatic rings. The molecule has 0 aromatic heterocycles. The van der Waals surface area contributed by atoms with Crippen LogP contribution in [-0.4, -0.2) is 54.1 Å². The van der Waals surface area contributed by atoms with Crippen LogP contribution in [0, 0.1) is 5.92 Å². The molecule has 0 amide bonds. The Kier molecular flexibility index (Phi) is 4.45. The maximum Gasteiger partial charge on any atom is 0.0247 e. The Morgan fingerprint density at radius 3 is 2.76 bits per heavy atom. The maximum atomic E-state index is 6.02. The number of piperazine rings is 1. The number of fused-ring (bicyclic) bond motifs is 1. The number of hydrogen-bond donors (Lipinski definition) is 1. The highest BCUT2D eigenvalue weighted by molar-refractivity contribution is 4.94. The molecule has 17 heavy (non-hydrogen) atoms. The van der Waals surface area contributed by atoms with Gasteiger partial charge in [-0.05, 0) is 32.2 Å². The largest absolute Gasteiger partial charge is 0.329 e. The molecule has 2 heterocycles. The fourth-order valence-electron chi connectivity index (χ4n) is 3.64. The second kappa shape index (κ2) is 5.68. The lowest BCUT2D eigenvalue weighted by Crippen LogP contribution is -2.60. The maximum absolute atomic E-state index is 6.02. The molecule has 3 heteroatoms. The molecule has 0 bridgehead atoms. The zero-order valence-corrected chi connectivity index (χ0v) is 11.7. The second-order valence-corrected chi connectivity index (χ2v) is 6.03. The summed E-state index contributed by atoms with van der Waals surface area (Å²) >= 11 is 0. The van der Waals surface area contributed by atoms with Crippen molar-refractivity contribution in [1.29, 1.82) is 0 Å². The van der Waals surface area contributed by atoms with Gasteiger partial charge in [0.1, 0.15) is 0 Å². The van der Waals surface area contributed by atoms with Gasteiger partial charge in [0, 0.05) is 37.8 Å². The van der Waals surface area contributed by atoms with Crippen LogP contribution in [-0.2, 0) is 0 Å². The van der Waals surface area contributed by atoms with Gasteiger partial charge in [-0.3, -0.25) is 9.80 Å². The van der Waals surface area contributed by atoms with Crippen molar-refractivity contribution in [2.45, 2.75) is 58.2 Å². The minimum Gasteiger partial charge on any atom is -0.329 e. The van der Waals surface area contributed by atoms with Gasteiger partial charge in [-0.15, -0.1) is 0 Å². The van der Waals surface area contributed by atoms with Gasteiger partial charge in [-0.25, -0.2) is 0 Å². The number of rotatable bonds is 4. The predicted molar refractivity (Wildman–Crippen MR) is 73.1 cm³/mol. The van der Waals surface area contributed by atoms with Crippen molar-refractivity contribution < 1.29 is 0 Å². The van der Waals surface area contributed by atoms with Crippen LogP contribution in [0.4, 0.5) is 0 Å². The smallest absolute Gasteiger partial charge is 0.0247 e. The molecule has 3 nitrogen and oxygen atoms in total. The summed E-state index contributed by atoms with van der Waals surface area (Å²) in [7, 11) is 0. The van der Waals surface area contributed by atoms with Crippen molar-refractivity contribution in [2.24, 2.45) is 11.7 Å². The van der Waals surface area contributed by atoms with Crippen molar-refractivity contribution in [1.82, 2.24) is 9.80 Å². The van der Waals surface area contributed by atoms with Crippen LogP contribution in [0.15, 0.2) is 0 Å². The van der Waals surface area contributed by atoms with E-state index in [1.54, 1.807) is 0 Å². The Balaban J connectivity index is 2.03. The van der Waals surface area contributed by atoms with Gasteiger partial charge in [-0.1, -0.05) is 20.3 Å². The summed E-state index contributed by atoms with van der Waals surface area (Å²) in [6.45, 7) is 11.6. The van der Waals surface area contributed by atoms with E-state index in [0.717, 1.165) is 18.5 Å². The van der Waals surface area contributed by atoms with Crippen molar-refractivity contribution in [2.75, 3.05) is 26.2 Å². The normalized spacial score (nSPS) is 34.6. The quantitative estimate of drug-likeness (QED) is 0.807. The third kappa shape index (κ3) is 2.67. The molecule has 2 aliphatic rings. The Labute approximate surface area is 106 Å². The summed E-state index contributed by atoms with van der Waals surface area (Å²) in [5.74, 6) is 0.718. The zero-order valence-electron chi connectivity index (χ0n) is 11.7. The molecule has 2 saturated heterocycles. The van der Waals surface area contributed by atoms with E-state index in [1.807, 2.05) is 0 Å². The van der Waals surface area contributed by atoms with Crippen LogP contribution >= 0.6 is 0 Å². The van der Waals surface area contributed by atoms with Crippen LogP contribution < -0.4 is 5.73 Å². The van der Waals surface area contributed by atoms with E-state index in [9.17, 15) is 0 Å². The van der Waals surface area contributed by atoms with Crippen molar-refractivity contribution >= 4 is 0 Å². The molecular formula is C14H29N3. The Morgan fingerprint density at radius 1 is 1.35 bits per heavy atom. The lowest BCUT2D eigenvalue weighted by Gasteiger charge is -2.47. The number of nitrogens with zero attached hydrogens (tertiary/aromatic N) is 2. The minimum atomic E-state index is 0.581. The van der Waals surface area contributed by atoms with Crippen molar-refractivity contribution in [3.05, 3.63) is 0 Å². The van der Waals surface area contributed by atoms with Gasteiger partial charge in [0.2, 0.25) is 0 Å². The third-order valence-corrected chi connectivity index (χ3v) is 4.95. The van der Waals surface area contributed by atoms with Crippen LogP contribution in [0.3, 0.4) is 0 Å². The average molecular weight is 239 g/mol. The van der Waals surface area contributed by atoms with Gasteiger partial charge in [0.15, 0.2) is 0 Å². The second-order valence-electron chi connectivity index (χ2n) is 6.03. The van der Waals surface area contributed by atoms with E-state index >= 15 is 0 Å². The fourth-order valence-corrected chi connectivity index (χ4v) is 3.64. The molecule has 2 aliphatic heterocycles. The van der Waals surface area contributed by atoms with Gasteiger partial charge in [0.05, 0.1) is 0 Å². The van der Waals surface area contributed by atoms with E-state index in [0.29, 0.717) is 12.1 Å². The Morgan fingerprint density at radius 2 is 2.12 bits per heavy atom. The van der Waals surface area contributed by atoms with Crippen LogP contribution in [0.2, 0.25) is 0 Å². The summed E-state index contributed by atoms with van der Waals surface area (Å²) in [6, 6.07) is 2.06. The van der Waals surface area contributed by atoms with E-state index < -0.39 is 0 Å². The molecule has 0 aliphatic carbocycles. The summed E-state index contributed by atoms with van der Waals surface area (Å²) < 4.78 is 0. The molecular weight excluding hydrogens is 210 g/mol. The molecule has 2 fully saturated rings. The highest BCUT2D eigenvalue weighted by Gasteiger charge is 2.37. The summed E-state index contributed by atoms with van der Waals surface area (Å²) in [6.07, 6.45) is 4.02. The highest BCUT2D eigenvalue weighted by atomic mass is 15.3. The van der Waals surface area contributed by atoms with Gasteiger partial charge >= 0.3 is 0 Å². The minimum absolute atomic E-state index is 0.581. The van der Waals surface area contributed by atoms with Gasteiger partial charge in [0.25, 0.3) is 0 Å². The number of hydrogen-bond acceptors (Lipinski definition) is 3. The Bertz CT molecular complexity index is 244. The van der Waals surface area contributed by atoms with Crippen LogP contribution in [0.1, 0.15) is 40.0 Å². The van der Waals surface area contributed by atoms with Crippen LogP contribution in [0.5, 0.6) is 0 Å². The topological polar surface area (TPSA) is 32.5 Å².